The van der Waals surface area contributed by atoms with Crippen LogP contribution in [-0.2, 0) is 21.2 Å². The van der Waals surface area contributed by atoms with E-state index in [9.17, 15) is 18.3 Å². The third-order valence-corrected chi connectivity index (χ3v) is 7.72. The first-order valence-electron chi connectivity index (χ1n) is 11.9. The van der Waals surface area contributed by atoms with Gasteiger partial charge in [-0.25, -0.2) is 13.4 Å². The number of piperidine rings is 1. The van der Waals surface area contributed by atoms with Crippen LogP contribution in [0.1, 0.15) is 36.4 Å². The second kappa shape index (κ2) is 9.47. The number of aliphatic hydroxyl groups is 1. The van der Waals surface area contributed by atoms with E-state index in [1.54, 1.807) is 24.3 Å². The van der Waals surface area contributed by atoms with E-state index in [0.717, 1.165) is 30.4 Å². The summed E-state index contributed by atoms with van der Waals surface area (Å²) in [6.07, 6.45) is 6.83. The van der Waals surface area contributed by atoms with Gasteiger partial charge < -0.3 is 14.6 Å². The number of fused-ring (bicyclic) bond motifs is 3. The maximum absolute atomic E-state index is 12.8. The number of likely N-dealkylation sites (tertiary alicyclic amines) is 1. The van der Waals surface area contributed by atoms with Gasteiger partial charge in [-0.15, -0.1) is 0 Å². The molecule has 9 heteroatoms. The quantitative estimate of drug-likeness (QED) is 0.525. The minimum absolute atomic E-state index is 0.0505. The summed E-state index contributed by atoms with van der Waals surface area (Å²) in [5.74, 6) is 0.203. The molecule has 8 nitrogen and oxygen atoms in total. The number of nitrogens with one attached hydrogen (secondary N) is 1. The molecule has 0 radical (unpaired) electrons. The van der Waals surface area contributed by atoms with Gasteiger partial charge in [0.05, 0.1) is 43.0 Å². The van der Waals surface area contributed by atoms with E-state index in [4.69, 9.17) is 0 Å². The van der Waals surface area contributed by atoms with Crippen molar-refractivity contribution >= 4 is 21.6 Å². The van der Waals surface area contributed by atoms with Crippen LogP contribution in [0.4, 0.5) is 5.69 Å². The molecule has 2 aromatic carbocycles. The molecular formula is C26H30N4O4S. The molecule has 1 amide bonds. The van der Waals surface area contributed by atoms with Crippen molar-refractivity contribution in [1.82, 2.24) is 14.5 Å². The Kier molecular flexibility index (Phi) is 6.37. The molecule has 184 valence electrons. The SMILES string of the molecule is CS(=O)(=O)Nc1ccc(CC(=O)N2CCC(C(O)CC3c4ccccc4-c4cncn43)CC2)cc1. The average Bonchev–Trinajstić information content (AvgIpc) is 3.42. The number of nitrogens with zero attached hydrogens (tertiary/aromatic N) is 3. The molecule has 5 rings (SSSR count). The molecule has 2 N–H and O–H groups in total. The molecule has 1 saturated heterocycles. The molecule has 0 bridgehead atoms. The molecule has 2 aliphatic heterocycles. The van der Waals surface area contributed by atoms with Gasteiger partial charge in [0.1, 0.15) is 0 Å². The smallest absolute Gasteiger partial charge is 0.229 e. The van der Waals surface area contributed by atoms with Crippen LogP contribution in [0.5, 0.6) is 0 Å². The Hall–Kier alpha value is -3.17. The highest BCUT2D eigenvalue weighted by Gasteiger charge is 2.33. The number of amides is 1. The Labute approximate surface area is 205 Å². The van der Waals surface area contributed by atoms with Crippen molar-refractivity contribution in [3.05, 3.63) is 72.2 Å². The summed E-state index contributed by atoms with van der Waals surface area (Å²) in [5, 5.41) is 11.1. The molecule has 0 spiro atoms. The van der Waals surface area contributed by atoms with Crippen LogP contribution >= 0.6 is 0 Å². The summed E-state index contributed by atoms with van der Waals surface area (Å²) in [6.45, 7) is 1.26. The third-order valence-electron chi connectivity index (χ3n) is 7.11. The van der Waals surface area contributed by atoms with Gasteiger partial charge in [-0.2, -0.15) is 0 Å². The number of aromatic nitrogens is 2. The summed E-state index contributed by atoms with van der Waals surface area (Å²) < 4.78 is 27.3. The summed E-state index contributed by atoms with van der Waals surface area (Å²) >= 11 is 0. The zero-order valence-corrected chi connectivity index (χ0v) is 20.5. The van der Waals surface area contributed by atoms with Crippen LogP contribution in [0.3, 0.4) is 0 Å². The van der Waals surface area contributed by atoms with Gasteiger partial charge in [0, 0.05) is 24.3 Å². The highest BCUT2D eigenvalue weighted by Crippen LogP contribution is 2.42. The van der Waals surface area contributed by atoms with E-state index >= 15 is 0 Å². The van der Waals surface area contributed by atoms with Gasteiger partial charge in [-0.1, -0.05) is 36.4 Å². The molecule has 0 aliphatic carbocycles. The predicted octanol–water partition coefficient (Wildman–Crippen LogP) is 3.06. The largest absolute Gasteiger partial charge is 0.393 e. The second-order valence-electron chi connectivity index (χ2n) is 9.56. The van der Waals surface area contributed by atoms with Crippen LogP contribution in [0.2, 0.25) is 0 Å². The minimum atomic E-state index is -3.33. The molecule has 2 atom stereocenters. The third kappa shape index (κ3) is 5.11. The van der Waals surface area contributed by atoms with Gasteiger partial charge in [-0.05, 0) is 48.4 Å². The first-order valence-corrected chi connectivity index (χ1v) is 13.8. The maximum atomic E-state index is 12.8. The molecule has 3 heterocycles. The number of rotatable bonds is 7. The van der Waals surface area contributed by atoms with E-state index in [-0.39, 0.29) is 24.3 Å². The monoisotopic (exact) mass is 494 g/mol. The van der Waals surface area contributed by atoms with Crippen molar-refractivity contribution in [3.63, 3.8) is 0 Å². The number of carbonyl (C=O) groups excluding carboxylic acids is 1. The van der Waals surface area contributed by atoms with E-state index in [1.165, 1.54) is 11.1 Å². The van der Waals surface area contributed by atoms with Gasteiger partial charge >= 0.3 is 0 Å². The van der Waals surface area contributed by atoms with Crippen LogP contribution in [0, 0.1) is 5.92 Å². The molecule has 35 heavy (non-hydrogen) atoms. The molecule has 0 saturated carbocycles. The van der Waals surface area contributed by atoms with Crippen LogP contribution in [0.15, 0.2) is 61.1 Å². The number of carbonyl (C=O) groups is 1. The summed E-state index contributed by atoms with van der Waals surface area (Å²) in [4.78, 5) is 19.0. The lowest BCUT2D eigenvalue weighted by Crippen LogP contribution is -2.42. The molecule has 1 aromatic heterocycles. The van der Waals surface area contributed by atoms with Gasteiger partial charge in [0.2, 0.25) is 15.9 Å². The zero-order chi connectivity index (χ0) is 24.6. The van der Waals surface area contributed by atoms with Crippen molar-refractivity contribution in [2.75, 3.05) is 24.1 Å². The number of benzene rings is 2. The normalized spacial score (nSPS) is 18.7. The van der Waals surface area contributed by atoms with Crippen LogP contribution in [-0.4, -0.2) is 59.3 Å². The van der Waals surface area contributed by atoms with Crippen molar-refractivity contribution in [1.29, 1.82) is 0 Å². The van der Waals surface area contributed by atoms with Crippen molar-refractivity contribution < 1.29 is 18.3 Å². The number of hydrogen-bond acceptors (Lipinski definition) is 5. The number of imidazole rings is 1. The van der Waals surface area contributed by atoms with Crippen molar-refractivity contribution in [2.24, 2.45) is 5.92 Å². The number of sulfonamides is 1. The first-order chi connectivity index (χ1) is 16.8. The van der Waals surface area contributed by atoms with E-state index in [0.29, 0.717) is 25.2 Å². The molecule has 2 unspecified atom stereocenters. The Morgan fingerprint density at radius 2 is 1.86 bits per heavy atom. The highest BCUT2D eigenvalue weighted by molar-refractivity contribution is 7.92. The fourth-order valence-electron chi connectivity index (χ4n) is 5.32. The first kappa shape index (κ1) is 23.6. The van der Waals surface area contributed by atoms with E-state index in [1.807, 2.05) is 29.6 Å². The Bertz CT molecular complexity index is 1310. The van der Waals surface area contributed by atoms with E-state index < -0.39 is 16.1 Å². The Morgan fingerprint density at radius 1 is 1.14 bits per heavy atom. The molecule has 1 fully saturated rings. The fourth-order valence-corrected chi connectivity index (χ4v) is 5.88. The number of aliphatic hydroxyl groups excluding tert-OH is 1. The molecular weight excluding hydrogens is 464 g/mol. The van der Waals surface area contributed by atoms with E-state index in [2.05, 4.69) is 26.4 Å². The second-order valence-corrected chi connectivity index (χ2v) is 11.3. The Balaban J connectivity index is 1.15. The number of hydrogen-bond donors (Lipinski definition) is 2. The Morgan fingerprint density at radius 3 is 2.57 bits per heavy atom. The van der Waals surface area contributed by atoms with Crippen molar-refractivity contribution in [3.8, 4) is 11.3 Å². The number of anilines is 1. The fraction of sp³-hybridized carbons (Fsp3) is 0.385. The highest BCUT2D eigenvalue weighted by atomic mass is 32.2. The standard InChI is InChI=1S/C26H30N4O4S/c1-35(33,34)28-20-8-6-18(7-9-20)14-26(32)29-12-10-19(11-13-29)25(31)15-23-21-4-2-3-5-22(21)24-16-27-17-30(23)24/h2-9,16-17,19,23,25,28,31H,10-15H2,1H3. The minimum Gasteiger partial charge on any atom is -0.393 e. The summed E-state index contributed by atoms with van der Waals surface area (Å²) in [7, 11) is -3.33. The van der Waals surface area contributed by atoms with Gasteiger partial charge in [-0.3, -0.25) is 9.52 Å². The average molecular weight is 495 g/mol. The molecule has 2 aliphatic rings. The zero-order valence-electron chi connectivity index (χ0n) is 19.7. The van der Waals surface area contributed by atoms with Crippen molar-refractivity contribution in [2.45, 2.75) is 37.8 Å². The lowest BCUT2D eigenvalue weighted by atomic mass is 9.86. The predicted molar refractivity (Wildman–Crippen MR) is 134 cm³/mol. The van der Waals surface area contributed by atoms with Crippen LogP contribution in [0.25, 0.3) is 11.3 Å². The molecule has 3 aromatic rings. The summed E-state index contributed by atoms with van der Waals surface area (Å²) in [5.41, 5.74) is 4.83. The maximum Gasteiger partial charge on any atom is 0.229 e. The lowest BCUT2D eigenvalue weighted by molar-refractivity contribution is -0.132. The topological polar surface area (TPSA) is 105 Å². The lowest BCUT2D eigenvalue weighted by Gasteiger charge is -2.35. The van der Waals surface area contributed by atoms with Crippen LogP contribution < -0.4 is 4.72 Å². The van der Waals surface area contributed by atoms with Gasteiger partial charge in [0.25, 0.3) is 0 Å². The summed E-state index contributed by atoms with van der Waals surface area (Å²) in [6, 6.07) is 15.3. The van der Waals surface area contributed by atoms with Gasteiger partial charge in [0.15, 0.2) is 0 Å².